The minimum Gasteiger partial charge on any atom is -0.330 e. The van der Waals surface area contributed by atoms with Crippen molar-refractivity contribution in [3.63, 3.8) is 0 Å². The molecule has 32 heavy (non-hydrogen) atoms. The lowest BCUT2D eigenvalue weighted by Crippen LogP contribution is -2.50. The topological polar surface area (TPSA) is 53.4 Å². The molecule has 4 rings (SSSR count). The second kappa shape index (κ2) is 9.44. The molecule has 2 aromatic carbocycles. The molecular formula is C23H24F3N5O. The van der Waals surface area contributed by atoms with E-state index in [0.29, 0.717) is 18.8 Å². The summed E-state index contributed by atoms with van der Waals surface area (Å²) in [5, 5.41) is 2.67. The van der Waals surface area contributed by atoms with Crippen molar-refractivity contribution in [2.45, 2.75) is 12.7 Å². The van der Waals surface area contributed by atoms with Crippen LogP contribution in [0.15, 0.2) is 67.0 Å². The predicted octanol–water partition coefficient (Wildman–Crippen LogP) is 4.42. The third-order valence-electron chi connectivity index (χ3n) is 5.53. The first kappa shape index (κ1) is 21.9. The van der Waals surface area contributed by atoms with Crippen molar-refractivity contribution in [2.24, 2.45) is 0 Å². The van der Waals surface area contributed by atoms with Gasteiger partial charge in [-0.2, -0.15) is 13.2 Å². The minimum atomic E-state index is -4.39. The van der Waals surface area contributed by atoms with Crippen LogP contribution in [-0.4, -0.2) is 58.1 Å². The molecular weight excluding hydrogens is 419 g/mol. The molecule has 1 aliphatic heterocycles. The van der Waals surface area contributed by atoms with Crippen LogP contribution in [0.2, 0.25) is 0 Å². The number of carbonyl (C=O) groups is 1. The Kier molecular flexibility index (Phi) is 6.45. The molecule has 6 nitrogen and oxygen atoms in total. The Morgan fingerprint density at radius 2 is 1.62 bits per heavy atom. The Hall–Kier alpha value is -3.33. The summed E-state index contributed by atoms with van der Waals surface area (Å²) in [7, 11) is 0. The van der Waals surface area contributed by atoms with Gasteiger partial charge >= 0.3 is 12.2 Å². The number of imidazole rings is 1. The molecule has 1 aromatic heterocycles. The van der Waals surface area contributed by atoms with Crippen molar-refractivity contribution in [2.75, 3.05) is 38.0 Å². The highest BCUT2D eigenvalue weighted by atomic mass is 19.4. The van der Waals surface area contributed by atoms with E-state index in [0.717, 1.165) is 49.7 Å². The van der Waals surface area contributed by atoms with E-state index in [1.807, 2.05) is 36.5 Å². The van der Waals surface area contributed by atoms with Crippen molar-refractivity contribution in [3.05, 3.63) is 72.6 Å². The van der Waals surface area contributed by atoms with Gasteiger partial charge in [-0.15, -0.1) is 0 Å². The van der Waals surface area contributed by atoms with E-state index in [1.54, 1.807) is 11.1 Å². The van der Waals surface area contributed by atoms with Crippen molar-refractivity contribution in [1.29, 1.82) is 0 Å². The molecule has 2 amide bonds. The molecule has 2 heterocycles. The van der Waals surface area contributed by atoms with E-state index >= 15 is 0 Å². The molecule has 168 valence electrons. The van der Waals surface area contributed by atoms with Gasteiger partial charge in [-0.1, -0.05) is 30.3 Å². The lowest BCUT2D eigenvalue weighted by atomic mass is 10.2. The predicted molar refractivity (Wildman–Crippen MR) is 116 cm³/mol. The lowest BCUT2D eigenvalue weighted by Gasteiger charge is -2.34. The molecule has 1 aliphatic rings. The smallest absolute Gasteiger partial charge is 0.330 e. The number of aromatic nitrogens is 2. The highest BCUT2D eigenvalue weighted by Gasteiger charge is 2.30. The van der Waals surface area contributed by atoms with Gasteiger partial charge in [0.05, 0.1) is 5.56 Å². The number of nitrogens with one attached hydrogen (secondary N) is 1. The van der Waals surface area contributed by atoms with Crippen molar-refractivity contribution < 1.29 is 18.0 Å². The van der Waals surface area contributed by atoms with Crippen molar-refractivity contribution >= 4 is 11.7 Å². The molecule has 1 N–H and O–H groups in total. The number of hydrogen-bond donors (Lipinski definition) is 1. The average Bonchev–Trinajstić information content (AvgIpc) is 3.27. The SMILES string of the molecule is O=C(Nc1ccc(C(F)(F)F)cc1)N1CCN(CCn2ccnc2-c2ccccc2)CC1. The molecule has 0 unspecified atom stereocenters. The van der Waals surface area contributed by atoms with Gasteiger partial charge < -0.3 is 14.8 Å². The standard InChI is InChI=1S/C23H24F3N5O/c24-23(25,26)19-6-8-20(9-7-19)28-22(32)31-16-13-29(14-17-31)12-15-30-11-10-27-21(30)18-4-2-1-3-5-18/h1-11H,12-17H2,(H,28,32). The van der Waals surface area contributed by atoms with E-state index < -0.39 is 11.7 Å². The first-order valence-electron chi connectivity index (χ1n) is 10.4. The van der Waals surface area contributed by atoms with E-state index in [1.165, 1.54) is 12.1 Å². The third kappa shape index (κ3) is 5.28. The maximum Gasteiger partial charge on any atom is 0.416 e. The number of halogens is 3. The van der Waals surface area contributed by atoms with E-state index in [-0.39, 0.29) is 6.03 Å². The summed E-state index contributed by atoms with van der Waals surface area (Å²) in [6.07, 6.45) is -0.626. The Morgan fingerprint density at radius 3 is 2.28 bits per heavy atom. The fourth-order valence-corrected chi connectivity index (χ4v) is 3.71. The Bertz CT molecular complexity index is 1030. The van der Waals surface area contributed by atoms with Crippen LogP contribution < -0.4 is 5.32 Å². The van der Waals surface area contributed by atoms with E-state index in [2.05, 4.69) is 19.8 Å². The molecule has 0 radical (unpaired) electrons. The number of amides is 2. The quantitative estimate of drug-likeness (QED) is 0.635. The number of alkyl halides is 3. The normalized spacial score (nSPS) is 15.0. The number of benzene rings is 2. The molecule has 3 aromatic rings. The fourth-order valence-electron chi connectivity index (χ4n) is 3.71. The number of carbonyl (C=O) groups excluding carboxylic acids is 1. The number of piperazine rings is 1. The van der Waals surface area contributed by atoms with Crippen LogP contribution in [0.1, 0.15) is 5.56 Å². The Morgan fingerprint density at radius 1 is 0.938 bits per heavy atom. The van der Waals surface area contributed by atoms with Gasteiger partial charge in [0.25, 0.3) is 0 Å². The maximum atomic E-state index is 12.7. The van der Waals surface area contributed by atoms with Gasteiger partial charge in [0.2, 0.25) is 0 Å². The highest BCUT2D eigenvalue weighted by molar-refractivity contribution is 5.89. The molecule has 0 atom stereocenters. The summed E-state index contributed by atoms with van der Waals surface area (Å²) < 4.78 is 40.1. The first-order chi connectivity index (χ1) is 15.4. The van der Waals surface area contributed by atoms with Gasteiger partial charge in [0, 0.05) is 62.9 Å². The van der Waals surface area contributed by atoms with Gasteiger partial charge in [0.1, 0.15) is 5.82 Å². The van der Waals surface area contributed by atoms with Gasteiger partial charge in [-0.3, -0.25) is 4.90 Å². The second-order valence-corrected chi connectivity index (χ2v) is 7.64. The number of hydrogen-bond acceptors (Lipinski definition) is 3. The molecule has 0 spiro atoms. The Balaban J connectivity index is 1.25. The van der Waals surface area contributed by atoms with Crippen LogP contribution in [-0.2, 0) is 12.7 Å². The zero-order valence-corrected chi connectivity index (χ0v) is 17.4. The number of anilines is 1. The molecule has 1 fully saturated rings. The zero-order valence-electron chi connectivity index (χ0n) is 17.4. The summed E-state index contributed by atoms with van der Waals surface area (Å²) in [5.41, 5.74) is 0.679. The summed E-state index contributed by atoms with van der Waals surface area (Å²) in [6.45, 7) is 4.21. The van der Waals surface area contributed by atoms with E-state index in [9.17, 15) is 18.0 Å². The number of rotatable bonds is 5. The zero-order chi connectivity index (χ0) is 22.6. The summed E-state index contributed by atoms with van der Waals surface area (Å²) >= 11 is 0. The van der Waals surface area contributed by atoms with Crippen LogP contribution in [0.3, 0.4) is 0 Å². The molecule has 0 aliphatic carbocycles. The minimum absolute atomic E-state index is 0.301. The average molecular weight is 443 g/mol. The lowest BCUT2D eigenvalue weighted by molar-refractivity contribution is -0.137. The van der Waals surface area contributed by atoms with Gasteiger partial charge in [-0.25, -0.2) is 9.78 Å². The molecule has 1 saturated heterocycles. The summed E-state index contributed by atoms with van der Waals surface area (Å²) in [5.74, 6) is 0.931. The van der Waals surface area contributed by atoms with Crippen LogP contribution in [0.25, 0.3) is 11.4 Å². The first-order valence-corrected chi connectivity index (χ1v) is 10.4. The monoisotopic (exact) mass is 443 g/mol. The molecule has 9 heteroatoms. The highest BCUT2D eigenvalue weighted by Crippen LogP contribution is 2.29. The maximum absolute atomic E-state index is 12.7. The Labute approximate surface area is 184 Å². The van der Waals surface area contributed by atoms with E-state index in [4.69, 9.17) is 0 Å². The van der Waals surface area contributed by atoms with Crippen LogP contribution in [0.4, 0.5) is 23.7 Å². The summed E-state index contributed by atoms with van der Waals surface area (Å²) in [6, 6.07) is 14.2. The van der Waals surface area contributed by atoms with Gasteiger partial charge in [-0.05, 0) is 24.3 Å². The van der Waals surface area contributed by atoms with Crippen LogP contribution in [0, 0.1) is 0 Å². The molecule has 0 bridgehead atoms. The van der Waals surface area contributed by atoms with Crippen LogP contribution >= 0.6 is 0 Å². The molecule has 0 saturated carbocycles. The largest absolute Gasteiger partial charge is 0.416 e. The van der Waals surface area contributed by atoms with Crippen molar-refractivity contribution in [1.82, 2.24) is 19.4 Å². The third-order valence-corrected chi connectivity index (χ3v) is 5.53. The number of nitrogens with zero attached hydrogens (tertiary/aromatic N) is 4. The second-order valence-electron chi connectivity index (χ2n) is 7.64. The van der Waals surface area contributed by atoms with Crippen molar-refractivity contribution in [3.8, 4) is 11.4 Å². The van der Waals surface area contributed by atoms with Gasteiger partial charge in [0.15, 0.2) is 0 Å². The number of urea groups is 1. The van der Waals surface area contributed by atoms with Crippen LogP contribution in [0.5, 0.6) is 0 Å². The summed E-state index contributed by atoms with van der Waals surface area (Å²) in [4.78, 5) is 20.9. The fraction of sp³-hybridized carbons (Fsp3) is 0.304.